The SMILES string of the molecule is CC(C)(CO)C(CNC(=O)NC1CCOC1)c1ccccc1. The van der Waals surface area contributed by atoms with E-state index in [2.05, 4.69) is 10.6 Å². The average Bonchev–Trinajstić information content (AvgIpc) is 3.01. The van der Waals surface area contributed by atoms with E-state index >= 15 is 0 Å². The van der Waals surface area contributed by atoms with Gasteiger partial charge in [0.1, 0.15) is 0 Å². The molecule has 1 aromatic carbocycles. The largest absolute Gasteiger partial charge is 0.396 e. The minimum absolute atomic E-state index is 0.0456. The second kappa shape index (κ2) is 7.61. The molecule has 1 aromatic rings. The van der Waals surface area contributed by atoms with Gasteiger partial charge in [0.05, 0.1) is 12.6 Å². The van der Waals surface area contributed by atoms with Crippen LogP contribution in [0.2, 0.25) is 0 Å². The summed E-state index contributed by atoms with van der Waals surface area (Å²) in [6, 6.07) is 9.91. The minimum Gasteiger partial charge on any atom is -0.396 e. The third-order valence-electron chi connectivity index (χ3n) is 4.28. The fraction of sp³-hybridized carbons (Fsp3) is 0.588. The summed E-state index contributed by atoms with van der Waals surface area (Å²) < 4.78 is 5.25. The van der Waals surface area contributed by atoms with Crippen LogP contribution < -0.4 is 10.6 Å². The molecule has 1 fully saturated rings. The number of ether oxygens (including phenoxy) is 1. The molecule has 1 aliphatic heterocycles. The predicted octanol–water partition coefficient (Wildman–Crippen LogP) is 1.88. The molecule has 122 valence electrons. The molecule has 5 heteroatoms. The van der Waals surface area contributed by atoms with Gasteiger partial charge in [-0.05, 0) is 17.4 Å². The van der Waals surface area contributed by atoms with Crippen LogP contribution in [0, 0.1) is 5.41 Å². The Bertz CT molecular complexity index is 470. The Balaban J connectivity index is 1.96. The Kier molecular flexibility index (Phi) is 5.80. The van der Waals surface area contributed by atoms with Gasteiger partial charge >= 0.3 is 6.03 Å². The molecule has 0 bridgehead atoms. The molecule has 2 rings (SSSR count). The van der Waals surface area contributed by atoms with Crippen LogP contribution in [-0.2, 0) is 4.74 Å². The maximum Gasteiger partial charge on any atom is 0.315 e. The first-order chi connectivity index (χ1) is 10.5. The van der Waals surface area contributed by atoms with Crippen LogP contribution in [0.3, 0.4) is 0 Å². The summed E-state index contributed by atoms with van der Waals surface area (Å²) in [6.07, 6.45) is 0.859. The van der Waals surface area contributed by atoms with Crippen LogP contribution in [0.1, 0.15) is 31.7 Å². The highest BCUT2D eigenvalue weighted by Gasteiger charge is 2.30. The quantitative estimate of drug-likeness (QED) is 0.751. The van der Waals surface area contributed by atoms with Gasteiger partial charge in [-0.1, -0.05) is 44.2 Å². The summed E-state index contributed by atoms with van der Waals surface area (Å²) in [5, 5.41) is 15.5. The van der Waals surface area contributed by atoms with Gasteiger partial charge in [0, 0.05) is 25.7 Å². The zero-order chi connectivity index (χ0) is 16.0. The Labute approximate surface area is 132 Å². The third kappa shape index (κ3) is 4.45. The van der Waals surface area contributed by atoms with Crippen LogP contribution in [-0.4, -0.2) is 43.5 Å². The van der Waals surface area contributed by atoms with Crippen LogP contribution in [0.5, 0.6) is 0 Å². The molecule has 1 heterocycles. The number of rotatable bonds is 6. The normalized spacial score (nSPS) is 19.7. The zero-order valence-electron chi connectivity index (χ0n) is 13.3. The molecule has 0 saturated carbocycles. The van der Waals surface area contributed by atoms with Crippen LogP contribution in [0.25, 0.3) is 0 Å². The second-order valence-corrected chi connectivity index (χ2v) is 6.52. The number of aliphatic hydroxyl groups is 1. The maximum atomic E-state index is 12.0. The van der Waals surface area contributed by atoms with Crippen LogP contribution >= 0.6 is 0 Å². The van der Waals surface area contributed by atoms with Crippen molar-refractivity contribution in [1.29, 1.82) is 0 Å². The van der Waals surface area contributed by atoms with E-state index in [-0.39, 0.29) is 30.0 Å². The van der Waals surface area contributed by atoms with Gasteiger partial charge in [0.15, 0.2) is 0 Å². The first kappa shape index (κ1) is 16.8. The van der Waals surface area contributed by atoms with Crippen molar-refractivity contribution in [3.05, 3.63) is 35.9 Å². The molecule has 5 nitrogen and oxygen atoms in total. The highest BCUT2D eigenvalue weighted by Crippen LogP contribution is 2.34. The highest BCUT2D eigenvalue weighted by atomic mass is 16.5. The average molecular weight is 306 g/mol. The highest BCUT2D eigenvalue weighted by molar-refractivity contribution is 5.74. The van der Waals surface area contributed by atoms with Crippen molar-refractivity contribution in [3.8, 4) is 0 Å². The number of amides is 2. The third-order valence-corrected chi connectivity index (χ3v) is 4.28. The van der Waals surface area contributed by atoms with Gasteiger partial charge < -0.3 is 20.5 Å². The van der Waals surface area contributed by atoms with Crippen LogP contribution in [0.15, 0.2) is 30.3 Å². The molecule has 22 heavy (non-hydrogen) atoms. The monoisotopic (exact) mass is 306 g/mol. The summed E-state index contributed by atoms with van der Waals surface area (Å²) in [6.45, 7) is 5.85. The van der Waals surface area contributed by atoms with E-state index in [0.29, 0.717) is 19.8 Å². The van der Waals surface area contributed by atoms with Crippen molar-refractivity contribution in [2.24, 2.45) is 5.41 Å². The van der Waals surface area contributed by atoms with Crippen molar-refractivity contribution in [1.82, 2.24) is 10.6 Å². The number of hydrogen-bond acceptors (Lipinski definition) is 3. The summed E-state index contributed by atoms with van der Waals surface area (Å²) in [7, 11) is 0. The van der Waals surface area contributed by atoms with E-state index in [1.807, 2.05) is 44.2 Å². The van der Waals surface area contributed by atoms with E-state index in [0.717, 1.165) is 12.0 Å². The lowest BCUT2D eigenvalue weighted by atomic mass is 9.75. The molecule has 0 aliphatic carbocycles. The minimum atomic E-state index is -0.314. The first-order valence-electron chi connectivity index (χ1n) is 7.81. The molecular weight excluding hydrogens is 280 g/mol. The lowest BCUT2D eigenvalue weighted by molar-refractivity contribution is 0.129. The number of urea groups is 1. The predicted molar refractivity (Wildman–Crippen MR) is 85.8 cm³/mol. The molecule has 0 spiro atoms. The Morgan fingerprint density at radius 3 is 2.73 bits per heavy atom. The van der Waals surface area contributed by atoms with Gasteiger partial charge in [-0.3, -0.25) is 0 Å². The standard InChI is InChI=1S/C17H26N2O3/c1-17(2,12-20)15(13-6-4-3-5-7-13)10-18-16(21)19-14-8-9-22-11-14/h3-7,14-15,20H,8-12H2,1-2H3,(H2,18,19,21). The van der Waals surface area contributed by atoms with Crippen molar-refractivity contribution in [3.63, 3.8) is 0 Å². The zero-order valence-corrected chi connectivity index (χ0v) is 13.3. The molecule has 2 amide bonds. The summed E-state index contributed by atoms with van der Waals surface area (Å²) >= 11 is 0. The number of hydrogen-bond donors (Lipinski definition) is 3. The fourth-order valence-electron chi connectivity index (χ4n) is 2.72. The molecule has 2 atom stereocenters. The van der Waals surface area contributed by atoms with Crippen molar-refractivity contribution in [2.45, 2.75) is 32.2 Å². The van der Waals surface area contributed by atoms with E-state index in [4.69, 9.17) is 4.74 Å². The molecule has 1 saturated heterocycles. The lowest BCUT2D eigenvalue weighted by Crippen LogP contribution is -2.45. The number of carbonyl (C=O) groups excluding carboxylic acids is 1. The summed E-state index contributed by atoms with van der Waals surface area (Å²) in [5.41, 5.74) is 0.802. The van der Waals surface area contributed by atoms with Gasteiger partial charge in [0.2, 0.25) is 0 Å². The fourth-order valence-corrected chi connectivity index (χ4v) is 2.72. The van der Waals surface area contributed by atoms with E-state index < -0.39 is 0 Å². The van der Waals surface area contributed by atoms with Crippen molar-refractivity contribution >= 4 is 6.03 Å². The van der Waals surface area contributed by atoms with Crippen molar-refractivity contribution < 1.29 is 14.6 Å². The molecule has 0 radical (unpaired) electrons. The number of nitrogens with one attached hydrogen (secondary N) is 2. The van der Waals surface area contributed by atoms with Gasteiger partial charge in [-0.15, -0.1) is 0 Å². The van der Waals surface area contributed by atoms with Crippen LogP contribution in [0.4, 0.5) is 4.79 Å². The molecular formula is C17H26N2O3. The number of carbonyl (C=O) groups is 1. The Morgan fingerprint density at radius 1 is 1.41 bits per heavy atom. The molecule has 2 unspecified atom stereocenters. The van der Waals surface area contributed by atoms with Gasteiger partial charge in [0.25, 0.3) is 0 Å². The Hall–Kier alpha value is -1.59. The Morgan fingerprint density at radius 2 is 2.14 bits per heavy atom. The van der Waals surface area contributed by atoms with Crippen molar-refractivity contribution in [2.75, 3.05) is 26.4 Å². The van der Waals surface area contributed by atoms with Gasteiger partial charge in [-0.25, -0.2) is 4.79 Å². The lowest BCUT2D eigenvalue weighted by Gasteiger charge is -2.33. The number of aliphatic hydroxyl groups excluding tert-OH is 1. The topological polar surface area (TPSA) is 70.6 Å². The maximum absolute atomic E-state index is 12.0. The van der Waals surface area contributed by atoms with E-state index in [9.17, 15) is 9.90 Å². The number of benzene rings is 1. The molecule has 0 aromatic heterocycles. The summed E-state index contributed by atoms with van der Waals surface area (Å²) in [4.78, 5) is 12.0. The van der Waals surface area contributed by atoms with Gasteiger partial charge in [-0.2, -0.15) is 0 Å². The molecule has 3 N–H and O–H groups in total. The summed E-state index contributed by atoms with van der Waals surface area (Å²) in [5.74, 6) is 0.0456. The second-order valence-electron chi connectivity index (χ2n) is 6.52. The molecule has 1 aliphatic rings. The van der Waals surface area contributed by atoms with E-state index in [1.165, 1.54) is 0 Å². The smallest absolute Gasteiger partial charge is 0.315 e. The first-order valence-corrected chi connectivity index (χ1v) is 7.81. The van der Waals surface area contributed by atoms with E-state index in [1.54, 1.807) is 0 Å².